The summed E-state index contributed by atoms with van der Waals surface area (Å²) in [7, 11) is 0. The molecule has 2 radical (unpaired) electrons. The van der Waals surface area contributed by atoms with Gasteiger partial charge in [-0.3, -0.25) is 4.98 Å². The first-order chi connectivity index (χ1) is 12.3. The number of fused-ring (bicyclic) bond motifs is 2. The Kier molecular flexibility index (Phi) is 6.15. The number of ether oxygens (including phenoxy) is 1. The van der Waals surface area contributed by atoms with Crippen molar-refractivity contribution in [3.8, 4) is 16.9 Å². The molecule has 2 aromatic rings. The molecule has 2 unspecified atom stereocenters. The molecule has 4 nitrogen and oxygen atoms in total. The normalized spacial score (nSPS) is 22.3. The van der Waals surface area contributed by atoms with Crippen molar-refractivity contribution in [2.45, 2.75) is 19.8 Å². The number of anilines is 1. The highest BCUT2D eigenvalue weighted by atomic mass is 16.5. The minimum Gasteiger partial charge on any atom is -0.493 e. The van der Waals surface area contributed by atoms with Crippen LogP contribution in [0.1, 0.15) is 19.8 Å². The molecule has 3 heterocycles. The maximum atomic E-state index is 5.81. The van der Waals surface area contributed by atoms with E-state index >= 15 is 0 Å². The van der Waals surface area contributed by atoms with Gasteiger partial charge in [-0.2, -0.15) is 0 Å². The molecule has 0 spiro atoms. The summed E-state index contributed by atoms with van der Waals surface area (Å²) in [6.45, 7) is 8.63. The Balaban J connectivity index is 0.00000196. The zero-order valence-electron chi connectivity index (χ0n) is 15.7. The van der Waals surface area contributed by atoms with E-state index in [9.17, 15) is 0 Å². The number of hydrogen-bond acceptors (Lipinski definition) is 4. The second-order valence-electron chi connectivity index (χ2n) is 7.12. The molecule has 2 fully saturated rings. The summed E-state index contributed by atoms with van der Waals surface area (Å²) in [6, 6.07) is 10.5. The summed E-state index contributed by atoms with van der Waals surface area (Å²) in [4.78, 5) is 9.69. The van der Waals surface area contributed by atoms with Crippen LogP contribution in [0, 0.1) is 13.3 Å². The van der Waals surface area contributed by atoms with E-state index < -0.39 is 0 Å². The Morgan fingerprint density at radius 2 is 2.00 bits per heavy atom. The van der Waals surface area contributed by atoms with E-state index in [1.807, 2.05) is 31.5 Å². The van der Waals surface area contributed by atoms with Crippen LogP contribution in [0.15, 0.2) is 42.7 Å². The molecular formula is C22H29N3O. The Labute approximate surface area is 157 Å². The van der Waals surface area contributed by atoms with E-state index in [-0.39, 0.29) is 7.43 Å². The predicted molar refractivity (Wildman–Crippen MR) is 108 cm³/mol. The molecule has 26 heavy (non-hydrogen) atoms. The lowest BCUT2D eigenvalue weighted by Crippen LogP contribution is -2.35. The van der Waals surface area contributed by atoms with E-state index in [1.165, 1.54) is 31.6 Å². The third-order valence-corrected chi connectivity index (χ3v) is 5.35. The number of piperidine rings is 1. The van der Waals surface area contributed by atoms with Crippen molar-refractivity contribution >= 4 is 5.69 Å². The van der Waals surface area contributed by atoms with Crippen LogP contribution in [0.25, 0.3) is 11.1 Å². The molecule has 4 heteroatoms. The van der Waals surface area contributed by atoms with Gasteiger partial charge in [-0.05, 0) is 44.4 Å². The molecule has 1 aromatic carbocycles. The van der Waals surface area contributed by atoms with Gasteiger partial charge in [0, 0.05) is 43.5 Å². The van der Waals surface area contributed by atoms with Crippen molar-refractivity contribution in [2.24, 2.45) is 5.92 Å². The monoisotopic (exact) mass is 351 g/mol. The Morgan fingerprint density at radius 1 is 1.12 bits per heavy atom. The highest BCUT2D eigenvalue weighted by Gasteiger charge is 2.26. The first-order valence-electron chi connectivity index (χ1n) is 9.48. The lowest BCUT2D eigenvalue weighted by Gasteiger charge is -2.29. The maximum absolute atomic E-state index is 5.81. The van der Waals surface area contributed by atoms with Gasteiger partial charge in [0.1, 0.15) is 5.75 Å². The van der Waals surface area contributed by atoms with Crippen LogP contribution >= 0.6 is 0 Å². The minimum absolute atomic E-state index is 0. The topological polar surface area (TPSA) is 28.6 Å². The standard InChI is InChI=1S/C21H27N3O.CH2/c1-2-25-21-8-4-3-7-20(21)18-12-19(14-22-13-18)24-11-10-23-9-5-6-17(15-23)16-24;/h3-4,7-8,12-14,17H,2,5-6,9-11,15-16H2,1H3;1H2. The van der Waals surface area contributed by atoms with Crippen molar-refractivity contribution < 1.29 is 4.74 Å². The second-order valence-corrected chi connectivity index (χ2v) is 7.12. The molecule has 0 saturated carbocycles. The van der Waals surface area contributed by atoms with Crippen LogP contribution in [0.5, 0.6) is 5.75 Å². The van der Waals surface area contributed by atoms with Gasteiger partial charge in [0.25, 0.3) is 0 Å². The molecule has 138 valence electrons. The maximum Gasteiger partial charge on any atom is 0.127 e. The summed E-state index contributed by atoms with van der Waals surface area (Å²) in [5.74, 6) is 1.72. The number of aromatic nitrogens is 1. The Morgan fingerprint density at radius 3 is 2.88 bits per heavy atom. The smallest absolute Gasteiger partial charge is 0.127 e. The van der Waals surface area contributed by atoms with Crippen LogP contribution in [0.2, 0.25) is 0 Å². The molecule has 2 bridgehead atoms. The molecule has 2 aliphatic heterocycles. The van der Waals surface area contributed by atoms with Crippen LogP contribution in [-0.2, 0) is 0 Å². The van der Waals surface area contributed by atoms with Gasteiger partial charge in [-0.15, -0.1) is 0 Å². The first-order valence-corrected chi connectivity index (χ1v) is 9.48. The fourth-order valence-corrected chi connectivity index (χ4v) is 4.14. The van der Waals surface area contributed by atoms with Crippen molar-refractivity contribution in [1.29, 1.82) is 0 Å². The third-order valence-electron chi connectivity index (χ3n) is 5.35. The fraction of sp³-hybridized carbons (Fsp3) is 0.455. The highest BCUT2D eigenvalue weighted by Crippen LogP contribution is 2.32. The molecule has 1 aromatic heterocycles. The van der Waals surface area contributed by atoms with Crippen molar-refractivity contribution in [3.63, 3.8) is 0 Å². The number of hydrogen-bond donors (Lipinski definition) is 0. The van der Waals surface area contributed by atoms with Crippen molar-refractivity contribution in [1.82, 2.24) is 9.88 Å². The highest BCUT2D eigenvalue weighted by molar-refractivity contribution is 5.72. The lowest BCUT2D eigenvalue weighted by atomic mass is 9.98. The largest absolute Gasteiger partial charge is 0.493 e. The van der Waals surface area contributed by atoms with E-state index in [2.05, 4.69) is 33.0 Å². The van der Waals surface area contributed by atoms with Crippen LogP contribution < -0.4 is 9.64 Å². The van der Waals surface area contributed by atoms with Gasteiger partial charge in [0.15, 0.2) is 0 Å². The quantitative estimate of drug-likeness (QED) is 0.832. The molecule has 0 amide bonds. The summed E-state index contributed by atoms with van der Waals surface area (Å²) >= 11 is 0. The second kappa shape index (κ2) is 8.54. The van der Waals surface area contributed by atoms with E-state index in [4.69, 9.17) is 4.74 Å². The average Bonchev–Trinajstić information content (AvgIpc) is 2.80. The summed E-state index contributed by atoms with van der Waals surface area (Å²) in [5, 5.41) is 0. The minimum atomic E-state index is 0. The molecule has 2 aliphatic rings. The molecule has 2 saturated heterocycles. The summed E-state index contributed by atoms with van der Waals surface area (Å²) in [6.07, 6.45) is 6.66. The van der Waals surface area contributed by atoms with E-state index in [0.29, 0.717) is 6.61 Å². The summed E-state index contributed by atoms with van der Waals surface area (Å²) < 4.78 is 5.81. The lowest BCUT2D eigenvalue weighted by molar-refractivity contribution is 0.201. The summed E-state index contributed by atoms with van der Waals surface area (Å²) in [5.41, 5.74) is 3.49. The first kappa shape index (κ1) is 18.7. The third kappa shape index (κ3) is 4.01. The molecule has 4 rings (SSSR count). The van der Waals surface area contributed by atoms with Gasteiger partial charge < -0.3 is 14.5 Å². The number of benzene rings is 1. The van der Waals surface area contributed by atoms with Gasteiger partial charge >= 0.3 is 0 Å². The zero-order chi connectivity index (χ0) is 17.1. The van der Waals surface area contributed by atoms with Gasteiger partial charge in [-0.1, -0.05) is 25.6 Å². The van der Waals surface area contributed by atoms with Crippen LogP contribution in [0.4, 0.5) is 5.69 Å². The number of rotatable bonds is 4. The zero-order valence-corrected chi connectivity index (χ0v) is 15.7. The van der Waals surface area contributed by atoms with Gasteiger partial charge in [0.05, 0.1) is 18.5 Å². The number of pyridine rings is 1. The van der Waals surface area contributed by atoms with Gasteiger partial charge in [-0.25, -0.2) is 0 Å². The molecule has 0 aliphatic carbocycles. The Bertz CT molecular complexity index is 718. The van der Waals surface area contributed by atoms with E-state index in [0.717, 1.165) is 42.4 Å². The number of nitrogens with zero attached hydrogens (tertiary/aromatic N) is 3. The van der Waals surface area contributed by atoms with Crippen molar-refractivity contribution in [3.05, 3.63) is 50.2 Å². The Hall–Kier alpha value is -2.07. The number of para-hydroxylation sites is 1. The van der Waals surface area contributed by atoms with Crippen molar-refractivity contribution in [2.75, 3.05) is 44.2 Å². The average molecular weight is 351 g/mol. The van der Waals surface area contributed by atoms with Gasteiger partial charge in [0.2, 0.25) is 0 Å². The molecule has 2 atom stereocenters. The molecule has 0 N–H and O–H groups in total. The van der Waals surface area contributed by atoms with Crippen LogP contribution in [0.3, 0.4) is 0 Å². The molecular weight excluding hydrogens is 322 g/mol. The predicted octanol–water partition coefficient (Wildman–Crippen LogP) is 4.01. The van der Waals surface area contributed by atoms with E-state index in [1.54, 1.807) is 0 Å². The fourth-order valence-electron chi connectivity index (χ4n) is 4.14. The SMILES string of the molecule is CCOc1ccccc1-c1cncc(N2CCN3CCCC(C3)C2)c1.[CH2]. The van der Waals surface area contributed by atoms with Crippen LogP contribution in [-0.4, -0.2) is 49.2 Å².